The number of benzene rings is 4. The number of unbranched alkanes of at least 4 members (excludes halogenated alkanes) is 1. The van der Waals surface area contributed by atoms with E-state index in [9.17, 15) is 22.4 Å². The molecule has 0 heterocycles. The molecular formula is C36H39ClFN3O5S. The van der Waals surface area contributed by atoms with E-state index in [1.165, 1.54) is 41.3 Å². The minimum absolute atomic E-state index is 0.00899. The van der Waals surface area contributed by atoms with Gasteiger partial charge in [-0.05, 0) is 85.1 Å². The Kier molecular flexibility index (Phi) is 12.8. The lowest BCUT2D eigenvalue weighted by Gasteiger charge is -2.34. The highest BCUT2D eigenvalue weighted by atomic mass is 35.5. The summed E-state index contributed by atoms with van der Waals surface area (Å²) in [4.78, 5) is 29.6. The predicted octanol–water partition coefficient (Wildman–Crippen LogP) is 6.63. The minimum Gasteiger partial charge on any atom is -0.494 e. The van der Waals surface area contributed by atoms with Crippen molar-refractivity contribution in [2.45, 2.75) is 50.6 Å². The summed E-state index contributed by atoms with van der Waals surface area (Å²) in [6.45, 7) is 4.02. The van der Waals surface area contributed by atoms with Gasteiger partial charge in [-0.3, -0.25) is 13.9 Å². The van der Waals surface area contributed by atoms with E-state index in [0.29, 0.717) is 29.5 Å². The number of ether oxygens (including phenoxy) is 1. The molecule has 0 fully saturated rings. The molecule has 0 aliphatic carbocycles. The number of hydrogen-bond acceptors (Lipinski definition) is 5. The van der Waals surface area contributed by atoms with E-state index in [4.69, 9.17) is 16.3 Å². The van der Waals surface area contributed by atoms with Gasteiger partial charge < -0.3 is 15.0 Å². The molecular weight excluding hydrogens is 641 g/mol. The lowest BCUT2D eigenvalue weighted by molar-refractivity contribution is -0.140. The average molecular weight is 680 g/mol. The predicted molar refractivity (Wildman–Crippen MR) is 182 cm³/mol. The summed E-state index contributed by atoms with van der Waals surface area (Å²) in [5.74, 6) is -1.05. The number of hydrogen-bond donors (Lipinski definition) is 1. The fraction of sp³-hybridized carbons (Fsp3) is 0.278. The van der Waals surface area contributed by atoms with E-state index in [2.05, 4.69) is 5.32 Å². The van der Waals surface area contributed by atoms with E-state index in [1.807, 2.05) is 44.2 Å². The number of anilines is 1. The van der Waals surface area contributed by atoms with Crippen LogP contribution in [0, 0.1) is 5.82 Å². The SMILES string of the molecule is CCCCNC(=O)[C@@H](Cc1ccccc1)N(Cc1ccc(Cl)cc1)C(=O)CN(c1ccc(F)cc1)S(=O)(=O)c1ccc(OCC)cc1. The molecule has 0 radical (unpaired) electrons. The molecule has 11 heteroatoms. The Morgan fingerprint density at radius 1 is 0.872 bits per heavy atom. The van der Waals surface area contributed by atoms with Crippen LogP contribution < -0.4 is 14.4 Å². The molecule has 0 unspecified atom stereocenters. The van der Waals surface area contributed by atoms with Gasteiger partial charge >= 0.3 is 0 Å². The van der Waals surface area contributed by atoms with E-state index in [1.54, 1.807) is 24.3 Å². The van der Waals surface area contributed by atoms with Crippen molar-refractivity contribution in [3.8, 4) is 5.75 Å². The summed E-state index contributed by atoms with van der Waals surface area (Å²) < 4.78 is 48.6. The average Bonchev–Trinajstić information content (AvgIpc) is 3.07. The molecule has 0 aliphatic heterocycles. The summed E-state index contributed by atoms with van der Waals surface area (Å²) in [7, 11) is -4.34. The summed E-state index contributed by atoms with van der Waals surface area (Å²) in [5.41, 5.74) is 1.62. The molecule has 0 bridgehead atoms. The van der Waals surface area contributed by atoms with Gasteiger partial charge in [-0.25, -0.2) is 12.8 Å². The zero-order valence-electron chi connectivity index (χ0n) is 26.4. The van der Waals surface area contributed by atoms with E-state index in [0.717, 1.165) is 34.8 Å². The number of nitrogens with zero attached hydrogens (tertiary/aromatic N) is 2. The zero-order chi connectivity index (χ0) is 33.8. The smallest absolute Gasteiger partial charge is 0.264 e. The molecule has 0 aliphatic rings. The molecule has 8 nitrogen and oxygen atoms in total. The maximum absolute atomic E-state index is 14.5. The summed E-state index contributed by atoms with van der Waals surface area (Å²) >= 11 is 6.13. The molecule has 4 aromatic carbocycles. The second kappa shape index (κ2) is 16.9. The van der Waals surface area contributed by atoms with Crippen LogP contribution in [-0.2, 0) is 32.6 Å². The fourth-order valence-electron chi connectivity index (χ4n) is 4.98. The van der Waals surface area contributed by atoms with Crippen molar-refractivity contribution in [3.05, 3.63) is 125 Å². The third kappa shape index (κ3) is 9.79. The highest BCUT2D eigenvalue weighted by Crippen LogP contribution is 2.27. The largest absolute Gasteiger partial charge is 0.494 e. The van der Waals surface area contributed by atoms with Crippen molar-refractivity contribution in [1.29, 1.82) is 0 Å². The monoisotopic (exact) mass is 679 g/mol. The van der Waals surface area contributed by atoms with Gasteiger partial charge in [0.15, 0.2) is 0 Å². The number of carbonyl (C=O) groups excluding carboxylic acids is 2. The third-order valence-electron chi connectivity index (χ3n) is 7.48. The number of halogens is 2. The number of amides is 2. The Morgan fingerprint density at radius 3 is 2.15 bits per heavy atom. The first-order valence-electron chi connectivity index (χ1n) is 15.5. The van der Waals surface area contributed by atoms with Crippen molar-refractivity contribution in [3.63, 3.8) is 0 Å². The van der Waals surface area contributed by atoms with Crippen LogP contribution in [0.4, 0.5) is 10.1 Å². The van der Waals surface area contributed by atoms with Crippen LogP contribution in [0.1, 0.15) is 37.8 Å². The maximum atomic E-state index is 14.5. The zero-order valence-corrected chi connectivity index (χ0v) is 28.0. The van der Waals surface area contributed by atoms with Crippen molar-refractivity contribution in [2.24, 2.45) is 0 Å². The van der Waals surface area contributed by atoms with Crippen molar-refractivity contribution in [2.75, 3.05) is 24.0 Å². The molecule has 1 atom stereocenters. The van der Waals surface area contributed by atoms with Gasteiger partial charge in [0.05, 0.1) is 17.2 Å². The van der Waals surface area contributed by atoms with Crippen LogP contribution in [0.2, 0.25) is 5.02 Å². The van der Waals surface area contributed by atoms with Crippen molar-refractivity contribution in [1.82, 2.24) is 10.2 Å². The molecule has 0 aromatic heterocycles. The van der Waals surface area contributed by atoms with Crippen LogP contribution in [0.3, 0.4) is 0 Å². The molecule has 248 valence electrons. The highest BCUT2D eigenvalue weighted by Gasteiger charge is 2.34. The van der Waals surface area contributed by atoms with Gasteiger partial charge in [-0.1, -0.05) is 67.4 Å². The van der Waals surface area contributed by atoms with Crippen molar-refractivity contribution >= 4 is 39.1 Å². The summed E-state index contributed by atoms with van der Waals surface area (Å²) in [6, 6.07) is 26.0. The first-order chi connectivity index (χ1) is 22.6. The van der Waals surface area contributed by atoms with Gasteiger partial charge in [0.2, 0.25) is 11.8 Å². The molecule has 0 saturated heterocycles. The standard InChI is InChI=1S/C36H39ClFN3O5S/c1-3-5-23-39-36(43)34(24-27-9-7-6-8-10-27)40(25-28-11-13-29(37)14-12-28)35(42)26-41(31-17-15-30(38)16-18-31)47(44,45)33-21-19-32(20-22-33)46-4-2/h6-22,34H,3-5,23-26H2,1-2H3,(H,39,43)/t34-/m1/s1. The number of carbonyl (C=O) groups is 2. The van der Waals surface area contributed by atoms with Gasteiger partial charge in [0.25, 0.3) is 10.0 Å². The minimum atomic E-state index is -4.34. The third-order valence-corrected chi connectivity index (χ3v) is 9.52. The van der Waals surface area contributed by atoms with Crippen LogP contribution >= 0.6 is 11.6 Å². The Hall–Kier alpha value is -4.41. The number of rotatable bonds is 16. The lowest BCUT2D eigenvalue weighted by atomic mass is 10.0. The first-order valence-corrected chi connectivity index (χ1v) is 17.3. The number of sulfonamides is 1. The summed E-state index contributed by atoms with van der Waals surface area (Å²) in [5, 5.41) is 3.47. The highest BCUT2D eigenvalue weighted by molar-refractivity contribution is 7.92. The molecule has 0 saturated carbocycles. The fourth-order valence-corrected chi connectivity index (χ4v) is 6.52. The number of nitrogens with one attached hydrogen (secondary N) is 1. The van der Waals surface area contributed by atoms with Crippen molar-refractivity contribution < 1.29 is 27.1 Å². The molecule has 4 aromatic rings. The van der Waals surface area contributed by atoms with E-state index < -0.39 is 34.3 Å². The molecule has 1 N–H and O–H groups in total. The van der Waals surface area contributed by atoms with Gasteiger partial charge in [-0.15, -0.1) is 0 Å². The first kappa shape index (κ1) is 35.4. The van der Waals surface area contributed by atoms with Crippen LogP contribution in [-0.4, -0.2) is 50.9 Å². The summed E-state index contributed by atoms with van der Waals surface area (Å²) in [6.07, 6.45) is 1.82. The molecule has 47 heavy (non-hydrogen) atoms. The lowest BCUT2D eigenvalue weighted by Crippen LogP contribution is -2.53. The molecule has 2 amide bonds. The second-order valence-corrected chi connectivity index (χ2v) is 13.2. The molecule has 0 spiro atoms. The van der Waals surface area contributed by atoms with E-state index in [-0.39, 0.29) is 29.5 Å². The van der Waals surface area contributed by atoms with Gasteiger partial charge in [-0.2, -0.15) is 0 Å². The Labute approximate surface area is 281 Å². The Bertz CT molecular complexity index is 1700. The Morgan fingerprint density at radius 2 is 1.53 bits per heavy atom. The van der Waals surface area contributed by atoms with Crippen LogP contribution in [0.15, 0.2) is 108 Å². The van der Waals surface area contributed by atoms with Gasteiger partial charge in [0.1, 0.15) is 24.2 Å². The maximum Gasteiger partial charge on any atom is 0.264 e. The molecule has 4 rings (SSSR count). The van der Waals surface area contributed by atoms with Crippen LogP contribution in [0.5, 0.6) is 5.75 Å². The van der Waals surface area contributed by atoms with Gasteiger partial charge in [0, 0.05) is 24.5 Å². The van der Waals surface area contributed by atoms with E-state index >= 15 is 0 Å². The quantitative estimate of drug-likeness (QED) is 0.134. The Balaban J connectivity index is 1.77. The normalized spacial score (nSPS) is 11.8. The topological polar surface area (TPSA) is 96.0 Å². The van der Waals surface area contributed by atoms with Crippen LogP contribution in [0.25, 0.3) is 0 Å². The second-order valence-electron chi connectivity index (χ2n) is 10.9.